The van der Waals surface area contributed by atoms with Crippen molar-refractivity contribution in [1.82, 2.24) is 0 Å². The molecule has 1 aromatic carbocycles. The molecule has 1 aliphatic rings. The van der Waals surface area contributed by atoms with E-state index >= 15 is 0 Å². The van der Waals surface area contributed by atoms with Crippen LogP contribution in [0.25, 0.3) is 0 Å². The third kappa shape index (κ3) is 3.65. The molecule has 1 nitrogen and oxygen atoms in total. The molecule has 0 aliphatic carbocycles. The van der Waals surface area contributed by atoms with Crippen molar-refractivity contribution < 1.29 is 9.50 Å². The van der Waals surface area contributed by atoms with E-state index in [4.69, 9.17) is 0 Å². The van der Waals surface area contributed by atoms with E-state index in [9.17, 15) is 9.50 Å². The Hall–Kier alpha value is -0.190. The van der Waals surface area contributed by atoms with E-state index in [1.807, 2.05) is 29.6 Å². The Balaban J connectivity index is 1.94. The monoisotopic (exact) mass is 286 g/mol. The van der Waals surface area contributed by atoms with Gasteiger partial charge in [0, 0.05) is 21.5 Å². The average Bonchev–Trinajstić information content (AvgIpc) is 2.32. The van der Waals surface area contributed by atoms with Crippen LogP contribution in [-0.4, -0.2) is 32.7 Å². The highest BCUT2D eigenvalue weighted by Crippen LogP contribution is 2.37. The fourth-order valence-corrected chi connectivity index (χ4v) is 5.06. The Labute approximate surface area is 117 Å². The molecule has 1 fully saturated rings. The van der Waals surface area contributed by atoms with Crippen molar-refractivity contribution in [1.29, 1.82) is 0 Å². The van der Waals surface area contributed by atoms with E-state index < -0.39 is 0 Å². The van der Waals surface area contributed by atoms with Crippen LogP contribution in [0, 0.1) is 5.82 Å². The molecule has 0 saturated carbocycles. The first-order chi connectivity index (χ1) is 8.56. The number of aliphatic hydroxyl groups excluding tert-OH is 1. The van der Waals surface area contributed by atoms with Gasteiger partial charge in [0.15, 0.2) is 0 Å². The van der Waals surface area contributed by atoms with Crippen LogP contribution in [-0.2, 0) is 6.42 Å². The summed E-state index contributed by atoms with van der Waals surface area (Å²) in [4.78, 5) is 0. The van der Waals surface area contributed by atoms with Crippen molar-refractivity contribution in [2.75, 3.05) is 5.75 Å². The highest BCUT2D eigenvalue weighted by Gasteiger charge is 2.30. The summed E-state index contributed by atoms with van der Waals surface area (Å²) in [6, 6.07) is 6.52. The van der Waals surface area contributed by atoms with Crippen LogP contribution in [0.4, 0.5) is 4.39 Å². The van der Waals surface area contributed by atoms with E-state index in [1.54, 1.807) is 6.07 Å². The van der Waals surface area contributed by atoms with Gasteiger partial charge in [-0.1, -0.05) is 26.0 Å². The zero-order chi connectivity index (χ0) is 13.1. The van der Waals surface area contributed by atoms with Crippen LogP contribution in [0.2, 0.25) is 0 Å². The molecule has 1 aliphatic heterocycles. The first kappa shape index (κ1) is 14.2. The highest BCUT2D eigenvalue weighted by molar-refractivity contribution is 8.07. The van der Waals surface area contributed by atoms with Gasteiger partial charge in [0.2, 0.25) is 0 Å². The van der Waals surface area contributed by atoms with E-state index in [0.717, 1.165) is 11.3 Å². The standard InChI is InChI=1S/C14H19FOS2/c1-9-10(2)18-14(8-17-9)13(16)7-11-4-3-5-12(15)6-11/h3-6,9-10,13-14,16H,7-8H2,1-2H3. The van der Waals surface area contributed by atoms with Gasteiger partial charge in [0.25, 0.3) is 0 Å². The molecule has 0 aromatic heterocycles. The number of rotatable bonds is 3. The van der Waals surface area contributed by atoms with Crippen molar-refractivity contribution in [3.63, 3.8) is 0 Å². The Morgan fingerprint density at radius 3 is 2.83 bits per heavy atom. The Morgan fingerprint density at radius 1 is 1.39 bits per heavy atom. The number of aliphatic hydroxyl groups is 1. The van der Waals surface area contributed by atoms with Crippen molar-refractivity contribution in [3.8, 4) is 0 Å². The Kier molecular flexibility index (Phi) is 4.98. The molecule has 1 aromatic rings. The van der Waals surface area contributed by atoms with E-state index in [-0.39, 0.29) is 17.2 Å². The fourth-order valence-electron chi connectivity index (χ4n) is 2.05. The Morgan fingerprint density at radius 2 is 2.17 bits per heavy atom. The average molecular weight is 286 g/mol. The SMILES string of the molecule is CC1SCC(C(O)Cc2cccc(F)c2)SC1C. The molecule has 1 N–H and O–H groups in total. The van der Waals surface area contributed by atoms with Crippen molar-refractivity contribution in [2.45, 2.75) is 42.1 Å². The van der Waals surface area contributed by atoms with Crippen molar-refractivity contribution in [3.05, 3.63) is 35.6 Å². The molecule has 100 valence electrons. The van der Waals surface area contributed by atoms with Gasteiger partial charge in [-0.25, -0.2) is 4.39 Å². The van der Waals surface area contributed by atoms with Crippen LogP contribution in [0.3, 0.4) is 0 Å². The van der Waals surface area contributed by atoms with Crippen LogP contribution >= 0.6 is 23.5 Å². The van der Waals surface area contributed by atoms with Crippen LogP contribution in [0.15, 0.2) is 24.3 Å². The lowest BCUT2D eigenvalue weighted by molar-refractivity contribution is 0.177. The summed E-state index contributed by atoms with van der Waals surface area (Å²) in [6.07, 6.45) is 0.149. The van der Waals surface area contributed by atoms with E-state index in [1.165, 1.54) is 12.1 Å². The molecule has 0 bridgehead atoms. The van der Waals surface area contributed by atoms with Gasteiger partial charge in [-0.05, 0) is 24.1 Å². The van der Waals surface area contributed by atoms with Crippen molar-refractivity contribution >= 4 is 23.5 Å². The lowest BCUT2D eigenvalue weighted by atomic mass is 10.1. The van der Waals surface area contributed by atoms with Gasteiger partial charge in [-0.3, -0.25) is 0 Å². The van der Waals surface area contributed by atoms with Crippen LogP contribution in [0.5, 0.6) is 0 Å². The quantitative estimate of drug-likeness (QED) is 0.920. The van der Waals surface area contributed by atoms with Gasteiger partial charge in [-0.2, -0.15) is 23.5 Å². The molecule has 0 radical (unpaired) electrons. The zero-order valence-electron chi connectivity index (χ0n) is 10.7. The summed E-state index contributed by atoms with van der Waals surface area (Å²) >= 11 is 3.78. The fraction of sp³-hybridized carbons (Fsp3) is 0.571. The number of thioether (sulfide) groups is 2. The number of benzene rings is 1. The summed E-state index contributed by atoms with van der Waals surface area (Å²) in [5.74, 6) is 0.750. The van der Waals surface area contributed by atoms with Crippen LogP contribution < -0.4 is 0 Å². The molecule has 0 spiro atoms. The summed E-state index contributed by atoms with van der Waals surface area (Å²) in [6.45, 7) is 4.45. The maximum absolute atomic E-state index is 13.1. The second-order valence-electron chi connectivity index (χ2n) is 4.82. The predicted octanol–water partition coefficient (Wildman–Crippen LogP) is 3.35. The topological polar surface area (TPSA) is 20.2 Å². The first-order valence-electron chi connectivity index (χ1n) is 6.26. The molecular weight excluding hydrogens is 267 g/mol. The molecule has 4 heteroatoms. The summed E-state index contributed by atoms with van der Waals surface area (Å²) in [7, 11) is 0. The van der Waals surface area contributed by atoms with Crippen LogP contribution in [0.1, 0.15) is 19.4 Å². The molecule has 18 heavy (non-hydrogen) atoms. The molecule has 1 saturated heterocycles. The van der Waals surface area contributed by atoms with E-state index in [0.29, 0.717) is 16.9 Å². The van der Waals surface area contributed by atoms with Gasteiger partial charge in [-0.15, -0.1) is 0 Å². The van der Waals surface area contributed by atoms with Gasteiger partial charge in [0.05, 0.1) is 6.10 Å². The molecule has 4 unspecified atom stereocenters. The molecule has 0 amide bonds. The summed E-state index contributed by atoms with van der Waals surface area (Å²) < 4.78 is 13.1. The van der Waals surface area contributed by atoms with Crippen molar-refractivity contribution in [2.24, 2.45) is 0 Å². The van der Waals surface area contributed by atoms with Gasteiger partial charge in [0.1, 0.15) is 5.82 Å². The second kappa shape index (κ2) is 6.31. The predicted molar refractivity (Wildman–Crippen MR) is 78.9 cm³/mol. The lowest BCUT2D eigenvalue weighted by Crippen LogP contribution is -2.35. The first-order valence-corrected chi connectivity index (χ1v) is 8.25. The number of halogens is 1. The molecular formula is C14H19FOS2. The molecule has 2 rings (SSSR count). The maximum atomic E-state index is 13.1. The van der Waals surface area contributed by atoms with E-state index in [2.05, 4.69) is 13.8 Å². The largest absolute Gasteiger partial charge is 0.392 e. The minimum Gasteiger partial charge on any atom is -0.392 e. The minimum atomic E-state index is -0.390. The smallest absolute Gasteiger partial charge is 0.123 e. The minimum absolute atomic E-state index is 0.229. The molecule has 4 atom stereocenters. The normalized spacial score (nSPS) is 30.1. The van der Waals surface area contributed by atoms with Gasteiger partial charge < -0.3 is 5.11 Å². The lowest BCUT2D eigenvalue weighted by Gasteiger charge is -2.33. The van der Waals surface area contributed by atoms with Gasteiger partial charge >= 0.3 is 0 Å². The summed E-state index contributed by atoms with van der Waals surface area (Å²) in [5, 5.41) is 11.7. The zero-order valence-corrected chi connectivity index (χ0v) is 12.3. The molecule has 1 heterocycles. The second-order valence-corrected chi connectivity index (χ2v) is 7.85. The summed E-state index contributed by atoms with van der Waals surface area (Å²) in [5.41, 5.74) is 0.874. The third-order valence-electron chi connectivity index (χ3n) is 3.34. The highest BCUT2D eigenvalue weighted by atomic mass is 32.2. The Bertz CT molecular complexity index is 399. The maximum Gasteiger partial charge on any atom is 0.123 e. The third-order valence-corrected chi connectivity index (χ3v) is 6.87. The number of hydrogen-bond acceptors (Lipinski definition) is 3. The number of hydrogen-bond donors (Lipinski definition) is 1.